The third-order valence-corrected chi connectivity index (χ3v) is 4.03. The zero-order chi connectivity index (χ0) is 13.0. The summed E-state index contributed by atoms with van der Waals surface area (Å²) in [5, 5.41) is 0. The highest BCUT2D eigenvalue weighted by atomic mass is 16.2. The molecule has 2 rings (SSSR count). The van der Waals surface area contributed by atoms with Crippen LogP contribution in [-0.4, -0.2) is 23.9 Å². The average molecular weight is 245 g/mol. The van der Waals surface area contributed by atoms with E-state index in [2.05, 4.69) is 13.8 Å². The van der Waals surface area contributed by atoms with Gasteiger partial charge in [-0.1, -0.05) is 44.2 Å². The average Bonchev–Trinajstić information content (AvgIpc) is 2.40. The second-order valence-corrected chi connectivity index (χ2v) is 5.62. The zero-order valence-corrected chi connectivity index (χ0v) is 11.4. The minimum absolute atomic E-state index is 0.281. The fourth-order valence-corrected chi connectivity index (χ4v) is 2.70. The van der Waals surface area contributed by atoms with Crippen LogP contribution >= 0.6 is 0 Å². The molecule has 0 aliphatic carbocycles. The van der Waals surface area contributed by atoms with Crippen molar-refractivity contribution in [1.29, 1.82) is 0 Å². The fourth-order valence-electron chi connectivity index (χ4n) is 2.70. The lowest BCUT2D eigenvalue weighted by molar-refractivity contribution is -0.132. The van der Waals surface area contributed by atoms with Crippen molar-refractivity contribution >= 4 is 5.91 Å². The predicted octanol–water partition coefficient (Wildman–Crippen LogP) is 3.12. The summed E-state index contributed by atoms with van der Waals surface area (Å²) in [6.45, 7) is 6.45. The van der Waals surface area contributed by atoms with E-state index in [9.17, 15) is 4.79 Å². The van der Waals surface area contributed by atoms with Crippen molar-refractivity contribution in [3.63, 3.8) is 0 Å². The molecule has 2 heteroatoms. The monoisotopic (exact) mass is 245 g/mol. The van der Waals surface area contributed by atoms with Gasteiger partial charge in [0.05, 0.1) is 6.42 Å². The van der Waals surface area contributed by atoms with E-state index < -0.39 is 0 Å². The van der Waals surface area contributed by atoms with Crippen molar-refractivity contribution in [1.82, 2.24) is 4.90 Å². The molecule has 0 bridgehead atoms. The van der Waals surface area contributed by atoms with Gasteiger partial charge in [-0.05, 0) is 30.2 Å². The molecular weight excluding hydrogens is 222 g/mol. The Balaban J connectivity index is 1.85. The molecule has 0 aromatic heterocycles. The van der Waals surface area contributed by atoms with E-state index in [0.717, 1.165) is 43.3 Å². The molecule has 1 fully saturated rings. The van der Waals surface area contributed by atoms with Crippen molar-refractivity contribution in [3.05, 3.63) is 35.9 Å². The summed E-state index contributed by atoms with van der Waals surface area (Å²) in [7, 11) is 0. The predicted molar refractivity (Wildman–Crippen MR) is 74.3 cm³/mol. The molecule has 1 aliphatic heterocycles. The maximum absolute atomic E-state index is 12.2. The van der Waals surface area contributed by atoms with Crippen LogP contribution in [0.15, 0.2) is 30.3 Å². The highest BCUT2D eigenvalue weighted by Gasteiger charge is 2.24. The number of hydrogen-bond acceptors (Lipinski definition) is 1. The minimum atomic E-state index is 0.281. The van der Waals surface area contributed by atoms with Gasteiger partial charge in [0.15, 0.2) is 0 Å². The number of benzene rings is 1. The molecule has 0 spiro atoms. The van der Waals surface area contributed by atoms with E-state index in [4.69, 9.17) is 0 Å². The first kappa shape index (κ1) is 13.1. The van der Waals surface area contributed by atoms with E-state index >= 15 is 0 Å². The van der Waals surface area contributed by atoms with Gasteiger partial charge in [-0.25, -0.2) is 0 Å². The SMILES string of the molecule is CC(C)C1CCN(C(=O)Cc2ccccc2)CC1. The van der Waals surface area contributed by atoms with Gasteiger partial charge in [0.2, 0.25) is 5.91 Å². The Bertz CT molecular complexity index is 377. The molecule has 2 nitrogen and oxygen atoms in total. The van der Waals surface area contributed by atoms with E-state index in [-0.39, 0.29) is 5.91 Å². The molecular formula is C16H23NO. The smallest absolute Gasteiger partial charge is 0.226 e. The third-order valence-electron chi connectivity index (χ3n) is 4.03. The number of rotatable bonds is 3. The van der Waals surface area contributed by atoms with Crippen LogP contribution in [0, 0.1) is 11.8 Å². The van der Waals surface area contributed by atoms with Crippen LogP contribution in [0.4, 0.5) is 0 Å². The lowest BCUT2D eigenvalue weighted by Crippen LogP contribution is -2.40. The Labute approximate surface area is 110 Å². The lowest BCUT2D eigenvalue weighted by atomic mass is 9.86. The van der Waals surface area contributed by atoms with Gasteiger partial charge in [-0.15, -0.1) is 0 Å². The lowest BCUT2D eigenvalue weighted by Gasteiger charge is -2.34. The molecule has 1 aromatic rings. The normalized spacial score (nSPS) is 17.2. The van der Waals surface area contributed by atoms with Gasteiger partial charge in [0, 0.05) is 13.1 Å². The van der Waals surface area contributed by atoms with Crippen LogP contribution in [0.2, 0.25) is 0 Å². The summed E-state index contributed by atoms with van der Waals surface area (Å²) in [4.78, 5) is 14.2. The Morgan fingerprint density at radius 2 is 1.83 bits per heavy atom. The zero-order valence-electron chi connectivity index (χ0n) is 11.4. The van der Waals surface area contributed by atoms with E-state index in [1.807, 2.05) is 35.2 Å². The largest absolute Gasteiger partial charge is 0.342 e. The number of nitrogens with zero attached hydrogens (tertiary/aromatic N) is 1. The number of piperidine rings is 1. The van der Waals surface area contributed by atoms with Crippen molar-refractivity contribution in [2.75, 3.05) is 13.1 Å². The molecule has 1 heterocycles. The Hall–Kier alpha value is -1.31. The Morgan fingerprint density at radius 1 is 1.22 bits per heavy atom. The standard InChI is InChI=1S/C16H23NO/c1-13(2)15-8-10-17(11-9-15)16(18)12-14-6-4-3-5-7-14/h3-7,13,15H,8-12H2,1-2H3. The topological polar surface area (TPSA) is 20.3 Å². The number of hydrogen-bond donors (Lipinski definition) is 0. The summed E-state index contributed by atoms with van der Waals surface area (Å²) < 4.78 is 0. The van der Waals surface area contributed by atoms with E-state index in [1.54, 1.807) is 0 Å². The van der Waals surface area contributed by atoms with Crippen LogP contribution < -0.4 is 0 Å². The number of amides is 1. The molecule has 1 aliphatic rings. The van der Waals surface area contributed by atoms with Crippen molar-refractivity contribution in [2.45, 2.75) is 33.1 Å². The molecule has 18 heavy (non-hydrogen) atoms. The van der Waals surface area contributed by atoms with Crippen LogP contribution in [0.25, 0.3) is 0 Å². The molecule has 1 aromatic carbocycles. The first-order chi connectivity index (χ1) is 8.66. The van der Waals surface area contributed by atoms with Crippen LogP contribution in [0.1, 0.15) is 32.3 Å². The van der Waals surface area contributed by atoms with Crippen molar-refractivity contribution in [2.24, 2.45) is 11.8 Å². The minimum Gasteiger partial charge on any atom is -0.342 e. The van der Waals surface area contributed by atoms with Crippen LogP contribution in [0.3, 0.4) is 0 Å². The second kappa shape index (κ2) is 6.03. The van der Waals surface area contributed by atoms with Gasteiger partial charge in [-0.2, -0.15) is 0 Å². The number of carbonyl (C=O) groups is 1. The molecule has 1 amide bonds. The molecule has 1 saturated heterocycles. The maximum Gasteiger partial charge on any atom is 0.226 e. The molecule has 0 unspecified atom stereocenters. The van der Waals surface area contributed by atoms with Crippen LogP contribution in [0.5, 0.6) is 0 Å². The quantitative estimate of drug-likeness (QED) is 0.801. The third kappa shape index (κ3) is 3.34. The summed E-state index contributed by atoms with van der Waals surface area (Å²) in [5.74, 6) is 1.82. The fraction of sp³-hybridized carbons (Fsp3) is 0.562. The molecule has 0 saturated carbocycles. The molecule has 0 radical (unpaired) electrons. The Morgan fingerprint density at radius 3 is 2.39 bits per heavy atom. The summed E-state index contributed by atoms with van der Waals surface area (Å²) >= 11 is 0. The van der Waals surface area contributed by atoms with Gasteiger partial charge >= 0.3 is 0 Å². The highest BCUT2D eigenvalue weighted by Crippen LogP contribution is 2.24. The van der Waals surface area contributed by atoms with Gasteiger partial charge in [-0.3, -0.25) is 4.79 Å². The summed E-state index contributed by atoms with van der Waals surface area (Å²) in [6, 6.07) is 10.0. The Kier molecular flexibility index (Phi) is 4.40. The first-order valence-electron chi connectivity index (χ1n) is 6.98. The number of carbonyl (C=O) groups excluding carboxylic acids is 1. The van der Waals surface area contributed by atoms with E-state index in [0.29, 0.717) is 6.42 Å². The second-order valence-electron chi connectivity index (χ2n) is 5.62. The molecule has 0 atom stereocenters. The van der Waals surface area contributed by atoms with Gasteiger partial charge in [0.1, 0.15) is 0 Å². The molecule has 98 valence electrons. The van der Waals surface area contributed by atoms with Crippen LogP contribution in [-0.2, 0) is 11.2 Å². The van der Waals surface area contributed by atoms with Crippen molar-refractivity contribution < 1.29 is 4.79 Å². The summed E-state index contributed by atoms with van der Waals surface area (Å²) in [5.41, 5.74) is 1.12. The van der Waals surface area contributed by atoms with Gasteiger partial charge < -0.3 is 4.90 Å². The first-order valence-corrected chi connectivity index (χ1v) is 6.98. The summed E-state index contributed by atoms with van der Waals surface area (Å²) in [6.07, 6.45) is 2.88. The molecule has 0 N–H and O–H groups in total. The van der Waals surface area contributed by atoms with Gasteiger partial charge in [0.25, 0.3) is 0 Å². The van der Waals surface area contributed by atoms with E-state index in [1.165, 1.54) is 0 Å². The number of likely N-dealkylation sites (tertiary alicyclic amines) is 1. The van der Waals surface area contributed by atoms with Crippen molar-refractivity contribution in [3.8, 4) is 0 Å². The highest BCUT2D eigenvalue weighted by molar-refractivity contribution is 5.78. The maximum atomic E-state index is 12.2.